The standard InChI is InChI=1S/C9H19NS/c1-7-6-11-8(10(7)5)9(2,3)4/h7-8H,6H2,1-5H3. The second-order valence-electron chi connectivity index (χ2n) is 4.57. The highest BCUT2D eigenvalue weighted by molar-refractivity contribution is 8.00. The van der Waals surface area contributed by atoms with Gasteiger partial charge in [0.2, 0.25) is 0 Å². The Morgan fingerprint density at radius 1 is 1.36 bits per heavy atom. The summed E-state index contributed by atoms with van der Waals surface area (Å²) >= 11 is 2.09. The highest BCUT2D eigenvalue weighted by Gasteiger charge is 2.36. The summed E-state index contributed by atoms with van der Waals surface area (Å²) in [4.78, 5) is 2.49. The van der Waals surface area contributed by atoms with Crippen LogP contribution in [-0.2, 0) is 0 Å². The van der Waals surface area contributed by atoms with E-state index in [2.05, 4.69) is 51.4 Å². The molecule has 0 amide bonds. The monoisotopic (exact) mass is 173 g/mol. The molecule has 11 heavy (non-hydrogen) atoms. The molecule has 0 N–H and O–H groups in total. The summed E-state index contributed by atoms with van der Waals surface area (Å²) < 4.78 is 0. The van der Waals surface area contributed by atoms with Gasteiger partial charge in [-0.3, -0.25) is 4.90 Å². The van der Waals surface area contributed by atoms with Crippen LogP contribution in [0, 0.1) is 5.41 Å². The maximum Gasteiger partial charge on any atom is 0.0606 e. The van der Waals surface area contributed by atoms with Gasteiger partial charge in [-0.05, 0) is 19.4 Å². The van der Waals surface area contributed by atoms with Gasteiger partial charge in [0, 0.05) is 11.8 Å². The van der Waals surface area contributed by atoms with Crippen LogP contribution in [0.25, 0.3) is 0 Å². The fourth-order valence-electron chi connectivity index (χ4n) is 1.56. The normalized spacial score (nSPS) is 34.6. The van der Waals surface area contributed by atoms with E-state index in [1.54, 1.807) is 0 Å². The number of hydrogen-bond donors (Lipinski definition) is 0. The van der Waals surface area contributed by atoms with Gasteiger partial charge in [0.05, 0.1) is 5.37 Å². The summed E-state index contributed by atoms with van der Waals surface area (Å²) in [6.07, 6.45) is 0. The Bertz CT molecular complexity index is 139. The molecule has 2 heteroatoms. The van der Waals surface area contributed by atoms with Crippen molar-refractivity contribution in [3.63, 3.8) is 0 Å². The van der Waals surface area contributed by atoms with E-state index in [0.29, 0.717) is 10.8 Å². The largest absolute Gasteiger partial charge is 0.291 e. The summed E-state index contributed by atoms with van der Waals surface area (Å²) in [5.41, 5.74) is 0.421. The van der Waals surface area contributed by atoms with Gasteiger partial charge in [0.15, 0.2) is 0 Å². The summed E-state index contributed by atoms with van der Waals surface area (Å²) in [5.74, 6) is 1.29. The molecule has 66 valence electrons. The van der Waals surface area contributed by atoms with Crippen LogP contribution < -0.4 is 0 Å². The molecule has 0 radical (unpaired) electrons. The minimum Gasteiger partial charge on any atom is -0.291 e. The van der Waals surface area contributed by atoms with Crippen LogP contribution in [0.5, 0.6) is 0 Å². The molecule has 1 rings (SSSR count). The van der Waals surface area contributed by atoms with Crippen LogP contribution in [0.15, 0.2) is 0 Å². The lowest BCUT2D eigenvalue weighted by Gasteiger charge is -2.33. The summed E-state index contributed by atoms with van der Waals surface area (Å²) in [5, 5.41) is 0.706. The molecule has 0 aromatic heterocycles. The van der Waals surface area contributed by atoms with E-state index in [9.17, 15) is 0 Å². The van der Waals surface area contributed by atoms with Gasteiger partial charge in [-0.2, -0.15) is 0 Å². The molecule has 0 spiro atoms. The van der Waals surface area contributed by atoms with Crippen molar-refractivity contribution in [1.82, 2.24) is 4.90 Å². The van der Waals surface area contributed by atoms with Crippen LogP contribution in [-0.4, -0.2) is 29.1 Å². The Hall–Kier alpha value is 0.310. The van der Waals surface area contributed by atoms with Gasteiger partial charge in [-0.25, -0.2) is 0 Å². The lowest BCUT2D eigenvalue weighted by atomic mass is 9.95. The van der Waals surface area contributed by atoms with Crippen LogP contribution in [0.1, 0.15) is 27.7 Å². The lowest BCUT2D eigenvalue weighted by Crippen LogP contribution is -2.38. The van der Waals surface area contributed by atoms with Crippen molar-refractivity contribution in [2.24, 2.45) is 5.41 Å². The molecule has 0 aromatic carbocycles. The van der Waals surface area contributed by atoms with E-state index in [0.717, 1.165) is 6.04 Å². The molecule has 0 bridgehead atoms. The Balaban J connectivity index is 2.62. The van der Waals surface area contributed by atoms with Crippen molar-refractivity contribution >= 4 is 11.8 Å². The van der Waals surface area contributed by atoms with E-state index in [4.69, 9.17) is 0 Å². The minimum atomic E-state index is 0.421. The maximum atomic E-state index is 2.49. The number of rotatable bonds is 0. The highest BCUT2D eigenvalue weighted by Crippen LogP contribution is 2.38. The van der Waals surface area contributed by atoms with E-state index in [1.807, 2.05) is 0 Å². The molecular weight excluding hydrogens is 154 g/mol. The van der Waals surface area contributed by atoms with Gasteiger partial charge in [-0.15, -0.1) is 11.8 Å². The average Bonchev–Trinajstić information content (AvgIpc) is 2.11. The number of hydrogen-bond acceptors (Lipinski definition) is 2. The average molecular weight is 173 g/mol. The molecule has 2 unspecified atom stereocenters. The smallest absolute Gasteiger partial charge is 0.0606 e. The van der Waals surface area contributed by atoms with Crippen LogP contribution in [0.3, 0.4) is 0 Å². The summed E-state index contributed by atoms with van der Waals surface area (Å²) in [6, 6.07) is 0.754. The van der Waals surface area contributed by atoms with Crippen molar-refractivity contribution in [3.05, 3.63) is 0 Å². The van der Waals surface area contributed by atoms with Crippen LogP contribution in [0.2, 0.25) is 0 Å². The van der Waals surface area contributed by atoms with E-state index in [-0.39, 0.29) is 0 Å². The fourth-order valence-corrected chi connectivity index (χ4v) is 3.20. The molecule has 1 fully saturated rings. The van der Waals surface area contributed by atoms with Gasteiger partial charge in [0.25, 0.3) is 0 Å². The Morgan fingerprint density at radius 2 is 1.91 bits per heavy atom. The fraction of sp³-hybridized carbons (Fsp3) is 1.00. The predicted molar refractivity (Wildman–Crippen MR) is 52.9 cm³/mol. The molecule has 0 aromatic rings. The number of thioether (sulfide) groups is 1. The first-order chi connectivity index (χ1) is 4.93. The molecular formula is C9H19NS. The molecule has 1 aliphatic rings. The molecule has 0 aliphatic carbocycles. The van der Waals surface area contributed by atoms with E-state index < -0.39 is 0 Å². The third-order valence-corrected chi connectivity index (χ3v) is 4.33. The van der Waals surface area contributed by atoms with Crippen LogP contribution in [0.4, 0.5) is 0 Å². The van der Waals surface area contributed by atoms with Crippen molar-refractivity contribution in [2.45, 2.75) is 39.1 Å². The third kappa shape index (κ3) is 1.91. The van der Waals surface area contributed by atoms with Gasteiger partial charge in [0.1, 0.15) is 0 Å². The molecule has 1 saturated heterocycles. The first-order valence-corrected chi connectivity index (χ1v) is 5.31. The molecule has 1 nitrogen and oxygen atoms in total. The third-order valence-electron chi connectivity index (χ3n) is 2.30. The zero-order valence-electron chi connectivity index (χ0n) is 8.22. The minimum absolute atomic E-state index is 0.421. The molecule has 2 atom stereocenters. The van der Waals surface area contributed by atoms with Gasteiger partial charge < -0.3 is 0 Å². The zero-order chi connectivity index (χ0) is 8.65. The van der Waals surface area contributed by atoms with Crippen molar-refractivity contribution in [2.75, 3.05) is 12.8 Å². The lowest BCUT2D eigenvalue weighted by molar-refractivity contribution is 0.181. The SMILES string of the molecule is CC1CSC(C(C)(C)C)N1C. The second kappa shape index (κ2) is 2.98. The second-order valence-corrected chi connectivity index (χ2v) is 5.68. The highest BCUT2D eigenvalue weighted by atomic mass is 32.2. The molecule has 1 aliphatic heterocycles. The van der Waals surface area contributed by atoms with E-state index >= 15 is 0 Å². The molecule has 0 saturated carbocycles. The van der Waals surface area contributed by atoms with Gasteiger partial charge >= 0.3 is 0 Å². The van der Waals surface area contributed by atoms with Crippen molar-refractivity contribution < 1.29 is 0 Å². The van der Waals surface area contributed by atoms with Crippen LogP contribution >= 0.6 is 11.8 Å². The molecule has 1 heterocycles. The Morgan fingerprint density at radius 3 is 2.09 bits per heavy atom. The van der Waals surface area contributed by atoms with Crippen molar-refractivity contribution in [3.8, 4) is 0 Å². The number of nitrogens with zero attached hydrogens (tertiary/aromatic N) is 1. The first-order valence-electron chi connectivity index (χ1n) is 4.26. The summed E-state index contributed by atoms with van der Waals surface area (Å²) in [7, 11) is 2.24. The zero-order valence-corrected chi connectivity index (χ0v) is 9.03. The van der Waals surface area contributed by atoms with E-state index in [1.165, 1.54) is 5.75 Å². The Labute approximate surface area is 74.5 Å². The maximum absolute atomic E-state index is 2.49. The van der Waals surface area contributed by atoms with Gasteiger partial charge in [-0.1, -0.05) is 20.8 Å². The summed E-state index contributed by atoms with van der Waals surface area (Å²) in [6.45, 7) is 9.26. The topological polar surface area (TPSA) is 3.24 Å². The first kappa shape index (κ1) is 9.40. The Kier molecular flexibility index (Phi) is 2.55. The quantitative estimate of drug-likeness (QED) is 0.553. The van der Waals surface area contributed by atoms with Crippen molar-refractivity contribution in [1.29, 1.82) is 0 Å². The predicted octanol–water partition coefficient (Wildman–Crippen LogP) is 2.43.